The summed E-state index contributed by atoms with van der Waals surface area (Å²) in [6.45, 7) is 0.873. The van der Waals surface area contributed by atoms with Gasteiger partial charge in [-0.15, -0.1) is 11.3 Å². The lowest BCUT2D eigenvalue weighted by Gasteiger charge is -2.27. The van der Waals surface area contributed by atoms with E-state index in [2.05, 4.69) is 16.8 Å². The molecule has 1 unspecified atom stereocenters. The van der Waals surface area contributed by atoms with Crippen LogP contribution in [0.15, 0.2) is 11.4 Å². The molecule has 2 aliphatic rings. The van der Waals surface area contributed by atoms with Gasteiger partial charge in [-0.3, -0.25) is 0 Å². The second-order valence-electron chi connectivity index (χ2n) is 5.13. The number of carbonyl (C=O) groups excluding carboxylic acids is 1. The van der Waals surface area contributed by atoms with E-state index in [-0.39, 0.29) is 18.1 Å². The molecular formula is C14H19NO2S. The number of ether oxygens (including phenoxy) is 1. The first-order valence-electron chi connectivity index (χ1n) is 6.85. The Hall–Kier alpha value is -0.870. The number of thiophene rings is 1. The fourth-order valence-corrected chi connectivity index (χ4v) is 3.80. The van der Waals surface area contributed by atoms with Gasteiger partial charge in [-0.05, 0) is 49.1 Å². The van der Waals surface area contributed by atoms with Gasteiger partial charge in [0, 0.05) is 11.4 Å². The zero-order chi connectivity index (χ0) is 12.4. The zero-order valence-electron chi connectivity index (χ0n) is 10.5. The van der Waals surface area contributed by atoms with Gasteiger partial charge < -0.3 is 10.1 Å². The van der Waals surface area contributed by atoms with E-state index in [1.165, 1.54) is 24.1 Å². The maximum absolute atomic E-state index is 12.2. The van der Waals surface area contributed by atoms with Crippen molar-refractivity contribution < 1.29 is 9.53 Å². The van der Waals surface area contributed by atoms with Crippen LogP contribution in [0.2, 0.25) is 0 Å². The molecule has 1 aliphatic carbocycles. The predicted octanol–water partition coefficient (Wildman–Crippen LogP) is 2.81. The van der Waals surface area contributed by atoms with Gasteiger partial charge in [0.1, 0.15) is 12.1 Å². The molecule has 2 heterocycles. The molecule has 0 amide bonds. The highest BCUT2D eigenvalue weighted by Crippen LogP contribution is 2.29. The summed E-state index contributed by atoms with van der Waals surface area (Å²) in [4.78, 5) is 13.6. The van der Waals surface area contributed by atoms with Crippen LogP contribution in [-0.2, 0) is 16.0 Å². The molecule has 1 fully saturated rings. The minimum Gasteiger partial charge on any atom is -0.461 e. The molecule has 1 aromatic rings. The first-order valence-corrected chi connectivity index (χ1v) is 7.73. The number of rotatable bonds is 2. The molecule has 1 aliphatic heterocycles. The van der Waals surface area contributed by atoms with Crippen molar-refractivity contribution in [3.05, 3.63) is 21.9 Å². The minimum atomic E-state index is -0.234. The van der Waals surface area contributed by atoms with Crippen LogP contribution in [0.5, 0.6) is 0 Å². The SMILES string of the molecule is O=C(OC1CCCCC1)C1NCCc2sccc21. The largest absolute Gasteiger partial charge is 0.461 e. The molecule has 18 heavy (non-hydrogen) atoms. The van der Waals surface area contributed by atoms with E-state index in [4.69, 9.17) is 4.74 Å². The van der Waals surface area contributed by atoms with Crippen LogP contribution in [-0.4, -0.2) is 18.6 Å². The molecule has 1 saturated carbocycles. The highest BCUT2D eigenvalue weighted by atomic mass is 32.1. The van der Waals surface area contributed by atoms with Gasteiger partial charge in [-0.25, -0.2) is 4.79 Å². The third-order valence-electron chi connectivity index (χ3n) is 3.86. The highest BCUT2D eigenvalue weighted by Gasteiger charge is 2.30. The molecule has 0 spiro atoms. The maximum Gasteiger partial charge on any atom is 0.328 e. The molecule has 4 heteroatoms. The van der Waals surface area contributed by atoms with Crippen LogP contribution >= 0.6 is 11.3 Å². The van der Waals surface area contributed by atoms with Crippen LogP contribution in [0.3, 0.4) is 0 Å². The van der Waals surface area contributed by atoms with Crippen molar-refractivity contribution in [2.45, 2.75) is 50.7 Å². The standard InChI is InChI=1S/C14H19NO2S/c16-14(17-10-4-2-1-3-5-10)13-11-7-9-18-12(11)6-8-15-13/h7,9-10,13,15H,1-6,8H2. The van der Waals surface area contributed by atoms with E-state index in [1.807, 2.05) is 0 Å². The van der Waals surface area contributed by atoms with E-state index < -0.39 is 0 Å². The van der Waals surface area contributed by atoms with Crippen molar-refractivity contribution in [1.82, 2.24) is 5.32 Å². The Bertz CT molecular complexity index is 423. The van der Waals surface area contributed by atoms with Crippen molar-refractivity contribution in [3.63, 3.8) is 0 Å². The third kappa shape index (κ3) is 2.45. The Morgan fingerprint density at radius 1 is 1.33 bits per heavy atom. The Morgan fingerprint density at radius 3 is 3.00 bits per heavy atom. The van der Waals surface area contributed by atoms with Crippen molar-refractivity contribution in [3.8, 4) is 0 Å². The van der Waals surface area contributed by atoms with Crippen molar-refractivity contribution in [2.75, 3.05) is 6.54 Å². The van der Waals surface area contributed by atoms with E-state index in [9.17, 15) is 4.79 Å². The van der Waals surface area contributed by atoms with E-state index in [1.54, 1.807) is 11.3 Å². The van der Waals surface area contributed by atoms with Crippen LogP contribution < -0.4 is 5.32 Å². The summed E-state index contributed by atoms with van der Waals surface area (Å²) in [6.07, 6.45) is 6.92. The molecule has 1 atom stereocenters. The molecule has 0 aromatic carbocycles. The van der Waals surface area contributed by atoms with E-state index in [0.29, 0.717) is 0 Å². The molecule has 1 aromatic heterocycles. The smallest absolute Gasteiger partial charge is 0.328 e. The van der Waals surface area contributed by atoms with Gasteiger partial charge >= 0.3 is 5.97 Å². The average molecular weight is 265 g/mol. The lowest BCUT2D eigenvalue weighted by Crippen LogP contribution is -2.37. The molecule has 0 radical (unpaired) electrons. The third-order valence-corrected chi connectivity index (χ3v) is 4.86. The first-order chi connectivity index (χ1) is 8.84. The maximum atomic E-state index is 12.2. The Kier molecular flexibility index (Phi) is 3.66. The van der Waals surface area contributed by atoms with Crippen LogP contribution in [0.1, 0.15) is 48.6 Å². The minimum absolute atomic E-state index is 0.0822. The van der Waals surface area contributed by atoms with Crippen LogP contribution in [0.4, 0.5) is 0 Å². The number of hydrogen-bond donors (Lipinski definition) is 1. The number of hydrogen-bond acceptors (Lipinski definition) is 4. The van der Waals surface area contributed by atoms with Gasteiger partial charge in [0.05, 0.1) is 0 Å². The molecular weight excluding hydrogens is 246 g/mol. The number of esters is 1. The summed E-state index contributed by atoms with van der Waals surface area (Å²) >= 11 is 1.74. The molecule has 3 rings (SSSR count). The Labute approximate surface area is 112 Å². The fourth-order valence-electron chi connectivity index (χ4n) is 2.88. The number of carbonyl (C=O) groups is 1. The summed E-state index contributed by atoms with van der Waals surface area (Å²) < 4.78 is 5.66. The van der Waals surface area contributed by atoms with Crippen LogP contribution in [0, 0.1) is 0 Å². The monoisotopic (exact) mass is 265 g/mol. The summed E-state index contributed by atoms with van der Waals surface area (Å²) in [7, 11) is 0. The van der Waals surface area contributed by atoms with Crippen LogP contribution in [0.25, 0.3) is 0 Å². The molecule has 1 N–H and O–H groups in total. The predicted molar refractivity (Wildman–Crippen MR) is 71.7 cm³/mol. The summed E-state index contributed by atoms with van der Waals surface area (Å²) in [5.41, 5.74) is 1.13. The van der Waals surface area contributed by atoms with Gasteiger partial charge in [0.25, 0.3) is 0 Å². The average Bonchev–Trinajstić information content (AvgIpc) is 2.87. The van der Waals surface area contributed by atoms with Crippen molar-refractivity contribution in [2.24, 2.45) is 0 Å². The topological polar surface area (TPSA) is 38.3 Å². The number of nitrogens with one attached hydrogen (secondary N) is 1. The molecule has 3 nitrogen and oxygen atoms in total. The molecule has 98 valence electrons. The lowest BCUT2D eigenvalue weighted by atomic mass is 9.97. The van der Waals surface area contributed by atoms with Gasteiger partial charge in [-0.2, -0.15) is 0 Å². The van der Waals surface area contributed by atoms with Gasteiger partial charge in [0.2, 0.25) is 0 Å². The first kappa shape index (κ1) is 12.2. The lowest BCUT2D eigenvalue weighted by molar-refractivity contribution is -0.153. The highest BCUT2D eigenvalue weighted by molar-refractivity contribution is 7.10. The van der Waals surface area contributed by atoms with Crippen molar-refractivity contribution >= 4 is 17.3 Å². The second kappa shape index (κ2) is 5.41. The zero-order valence-corrected chi connectivity index (χ0v) is 11.3. The Balaban J connectivity index is 1.66. The summed E-state index contributed by atoms with van der Waals surface area (Å²) in [5, 5.41) is 5.35. The summed E-state index contributed by atoms with van der Waals surface area (Å²) in [6, 6.07) is 1.82. The Morgan fingerprint density at radius 2 is 2.17 bits per heavy atom. The van der Waals surface area contributed by atoms with E-state index >= 15 is 0 Å². The van der Waals surface area contributed by atoms with E-state index in [0.717, 1.165) is 31.4 Å². The second-order valence-corrected chi connectivity index (χ2v) is 6.13. The fraction of sp³-hybridized carbons (Fsp3) is 0.643. The molecule has 0 bridgehead atoms. The van der Waals surface area contributed by atoms with Crippen molar-refractivity contribution in [1.29, 1.82) is 0 Å². The van der Waals surface area contributed by atoms with Gasteiger partial charge in [-0.1, -0.05) is 6.42 Å². The summed E-state index contributed by atoms with van der Waals surface area (Å²) in [5.74, 6) is -0.0822. The quantitative estimate of drug-likeness (QED) is 0.836. The normalized spacial score (nSPS) is 24.6. The number of fused-ring (bicyclic) bond motifs is 1. The van der Waals surface area contributed by atoms with Gasteiger partial charge in [0.15, 0.2) is 0 Å². The molecule has 0 saturated heterocycles.